The van der Waals surface area contributed by atoms with Crippen LogP contribution in [0.5, 0.6) is 0 Å². The number of hydrogen-bond donors (Lipinski definition) is 0. The molecule has 22 heavy (non-hydrogen) atoms. The second-order valence-corrected chi connectivity index (χ2v) is 7.71. The smallest absolute Gasteiger partial charge is 0.210 e. The molecule has 0 radical (unpaired) electrons. The molecule has 0 fully saturated rings. The molecule has 114 valence electrons. The summed E-state index contributed by atoms with van der Waals surface area (Å²) in [4.78, 5) is 8.03. The van der Waals surface area contributed by atoms with Crippen molar-refractivity contribution in [1.82, 2.24) is 13.9 Å². The number of rotatable bonds is 2. The minimum atomic E-state index is -3.85. The maximum atomic E-state index is 12.9. The molecule has 3 rings (SSSR count). The lowest BCUT2D eigenvalue weighted by molar-refractivity contribution is 0.588. The van der Waals surface area contributed by atoms with Crippen molar-refractivity contribution in [2.75, 3.05) is 0 Å². The Kier molecular flexibility index (Phi) is 3.92. The predicted octanol–water partition coefficient (Wildman–Crippen LogP) is 4.05. The summed E-state index contributed by atoms with van der Waals surface area (Å²) in [7, 11) is -3.85. The Bertz CT molecular complexity index is 988. The van der Waals surface area contributed by atoms with Crippen LogP contribution in [0.15, 0.2) is 39.8 Å². The molecule has 3 aromatic rings. The average Bonchev–Trinajstić information content (AvgIpc) is 2.72. The van der Waals surface area contributed by atoms with Gasteiger partial charge in [0.2, 0.25) is 5.28 Å². The first-order valence-electron chi connectivity index (χ1n) is 6.04. The molecule has 0 bridgehead atoms. The summed E-state index contributed by atoms with van der Waals surface area (Å²) in [5.74, 6) is 0. The molecule has 0 spiro atoms. The first-order chi connectivity index (χ1) is 10.3. The van der Waals surface area contributed by atoms with E-state index in [2.05, 4.69) is 25.9 Å². The van der Waals surface area contributed by atoms with Gasteiger partial charge in [-0.1, -0.05) is 29.8 Å². The van der Waals surface area contributed by atoms with Crippen LogP contribution in [-0.4, -0.2) is 22.4 Å². The number of fused-ring (bicyclic) bond motifs is 1. The van der Waals surface area contributed by atoms with E-state index in [1.54, 1.807) is 25.1 Å². The molecule has 0 N–H and O–H groups in total. The van der Waals surface area contributed by atoms with Gasteiger partial charge in [-0.05, 0) is 52.2 Å². The molecule has 0 atom stereocenters. The van der Waals surface area contributed by atoms with Crippen LogP contribution in [0.2, 0.25) is 10.4 Å². The lowest BCUT2D eigenvalue weighted by Crippen LogP contribution is -2.14. The van der Waals surface area contributed by atoms with Gasteiger partial charge in [-0.25, -0.2) is 17.4 Å². The van der Waals surface area contributed by atoms with Crippen LogP contribution in [0, 0.1) is 6.92 Å². The number of nitrogens with zero attached hydrogens (tertiary/aromatic N) is 3. The van der Waals surface area contributed by atoms with E-state index in [1.165, 1.54) is 12.1 Å². The average molecular weight is 421 g/mol. The van der Waals surface area contributed by atoms with Gasteiger partial charge in [0.15, 0.2) is 5.65 Å². The third kappa shape index (κ3) is 2.32. The number of hydrogen-bond acceptors (Lipinski definition) is 4. The van der Waals surface area contributed by atoms with E-state index >= 15 is 0 Å². The van der Waals surface area contributed by atoms with Gasteiger partial charge in [0, 0.05) is 0 Å². The lowest BCUT2D eigenvalue weighted by atomic mass is 10.3. The zero-order chi connectivity index (χ0) is 16.1. The molecule has 9 heteroatoms. The summed E-state index contributed by atoms with van der Waals surface area (Å²) in [5, 5.41) is 0.430. The molecular formula is C13H8BrCl2N3O2S. The van der Waals surface area contributed by atoms with Crippen molar-refractivity contribution < 1.29 is 8.42 Å². The Morgan fingerprint density at radius 1 is 1.14 bits per heavy atom. The highest BCUT2D eigenvalue weighted by molar-refractivity contribution is 9.10. The molecule has 0 unspecified atom stereocenters. The normalized spacial score (nSPS) is 12.0. The Balaban J connectivity index is 2.45. The van der Waals surface area contributed by atoms with Crippen LogP contribution in [-0.2, 0) is 10.0 Å². The largest absolute Gasteiger partial charge is 0.270 e. The second-order valence-electron chi connectivity index (χ2n) is 4.48. The minimum Gasteiger partial charge on any atom is -0.210 e. The first kappa shape index (κ1) is 15.7. The number of benzene rings is 1. The summed E-state index contributed by atoms with van der Waals surface area (Å²) >= 11 is 15.2. The van der Waals surface area contributed by atoms with Crippen molar-refractivity contribution in [3.8, 4) is 0 Å². The Morgan fingerprint density at radius 3 is 2.41 bits per heavy atom. The van der Waals surface area contributed by atoms with E-state index in [-0.39, 0.29) is 21.0 Å². The van der Waals surface area contributed by atoms with Crippen LogP contribution in [0.25, 0.3) is 11.0 Å². The van der Waals surface area contributed by atoms with Gasteiger partial charge >= 0.3 is 0 Å². The summed E-state index contributed by atoms with van der Waals surface area (Å²) in [6, 6.07) is 8.05. The molecule has 0 amide bonds. The number of halogens is 3. The molecule has 0 saturated heterocycles. The minimum absolute atomic E-state index is 0.107. The van der Waals surface area contributed by atoms with E-state index in [0.29, 0.717) is 15.6 Å². The van der Waals surface area contributed by atoms with Gasteiger partial charge < -0.3 is 0 Å². The SMILES string of the molecule is Cc1c(Br)n(S(=O)(=O)c2ccccc2)c2nc(Cl)nc(Cl)c12. The van der Waals surface area contributed by atoms with Gasteiger partial charge in [0.05, 0.1) is 10.3 Å². The highest BCUT2D eigenvalue weighted by Gasteiger charge is 2.27. The van der Waals surface area contributed by atoms with Gasteiger partial charge in [-0.15, -0.1) is 0 Å². The van der Waals surface area contributed by atoms with Crippen molar-refractivity contribution >= 4 is 60.2 Å². The standard InChI is InChI=1S/C13H8BrCl2N3O2S/c1-7-9-11(15)17-13(16)18-12(9)19(10(7)14)22(20,21)8-5-3-2-4-6-8/h2-6H,1H3. The van der Waals surface area contributed by atoms with Crippen LogP contribution >= 0.6 is 39.1 Å². The van der Waals surface area contributed by atoms with Gasteiger partial charge in [0.1, 0.15) is 9.76 Å². The monoisotopic (exact) mass is 419 g/mol. The third-order valence-electron chi connectivity index (χ3n) is 3.16. The van der Waals surface area contributed by atoms with E-state index in [1.807, 2.05) is 0 Å². The maximum Gasteiger partial charge on any atom is 0.270 e. The summed E-state index contributed by atoms with van der Waals surface area (Å²) < 4.78 is 27.2. The summed E-state index contributed by atoms with van der Waals surface area (Å²) in [5.41, 5.74) is 0.759. The fraction of sp³-hybridized carbons (Fsp3) is 0.0769. The molecule has 2 heterocycles. The Morgan fingerprint density at radius 2 is 1.77 bits per heavy atom. The highest BCUT2D eigenvalue weighted by atomic mass is 79.9. The van der Waals surface area contributed by atoms with Gasteiger partial charge in [-0.2, -0.15) is 4.98 Å². The summed E-state index contributed by atoms with van der Waals surface area (Å²) in [6.45, 7) is 1.73. The van der Waals surface area contributed by atoms with Gasteiger partial charge in [-0.3, -0.25) is 0 Å². The highest BCUT2D eigenvalue weighted by Crippen LogP contribution is 2.35. The zero-order valence-corrected chi connectivity index (χ0v) is 15.0. The third-order valence-corrected chi connectivity index (χ3v) is 6.49. The van der Waals surface area contributed by atoms with Crippen LogP contribution < -0.4 is 0 Å². The van der Waals surface area contributed by atoms with Gasteiger partial charge in [0.25, 0.3) is 10.0 Å². The quantitative estimate of drug-likeness (QED) is 0.463. The van der Waals surface area contributed by atoms with Crippen LogP contribution in [0.4, 0.5) is 0 Å². The molecule has 0 aliphatic rings. The Hall–Kier alpha value is -1.15. The number of aromatic nitrogens is 3. The summed E-state index contributed by atoms with van der Waals surface area (Å²) in [6.07, 6.45) is 0. The molecule has 0 aliphatic carbocycles. The number of aryl methyl sites for hydroxylation is 1. The molecule has 5 nitrogen and oxygen atoms in total. The van der Waals surface area contributed by atoms with E-state index in [4.69, 9.17) is 23.2 Å². The zero-order valence-electron chi connectivity index (χ0n) is 11.1. The van der Waals surface area contributed by atoms with Crippen molar-refractivity contribution in [3.63, 3.8) is 0 Å². The van der Waals surface area contributed by atoms with Crippen molar-refractivity contribution in [2.45, 2.75) is 11.8 Å². The van der Waals surface area contributed by atoms with E-state index in [9.17, 15) is 8.42 Å². The van der Waals surface area contributed by atoms with Crippen molar-refractivity contribution in [3.05, 3.63) is 50.9 Å². The van der Waals surface area contributed by atoms with Crippen molar-refractivity contribution in [2.24, 2.45) is 0 Å². The fourth-order valence-electron chi connectivity index (χ4n) is 2.13. The topological polar surface area (TPSA) is 64.8 Å². The first-order valence-corrected chi connectivity index (χ1v) is 9.03. The molecule has 0 aliphatic heterocycles. The maximum absolute atomic E-state index is 12.9. The second kappa shape index (κ2) is 5.49. The van der Waals surface area contributed by atoms with Crippen LogP contribution in [0.1, 0.15) is 5.56 Å². The van der Waals surface area contributed by atoms with Crippen molar-refractivity contribution in [1.29, 1.82) is 0 Å². The molecular weight excluding hydrogens is 413 g/mol. The lowest BCUT2D eigenvalue weighted by Gasteiger charge is -2.08. The van der Waals surface area contributed by atoms with Crippen LogP contribution in [0.3, 0.4) is 0 Å². The Labute approximate surface area is 145 Å². The fourth-order valence-corrected chi connectivity index (χ4v) is 5.00. The van der Waals surface area contributed by atoms with E-state index in [0.717, 1.165) is 3.97 Å². The predicted molar refractivity (Wildman–Crippen MR) is 89.0 cm³/mol. The molecule has 1 aromatic carbocycles. The molecule has 2 aromatic heterocycles. The molecule has 0 saturated carbocycles. The van der Waals surface area contributed by atoms with E-state index < -0.39 is 10.0 Å².